The Morgan fingerprint density at radius 2 is 2.00 bits per heavy atom. The van der Waals surface area contributed by atoms with Gasteiger partial charge in [-0.2, -0.15) is 0 Å². The molecule has 0 radical (unpaired) electrons. The summed E-state index contributed by atoms with van der Waals surface area (Å²) >= 11 is 0. The Kier molecular flexibility index (Phi) is 4.99. The highest BCUT2D eigenvalue weighted by molar-refractivity contribution is 5.78. The first-order chi connectivity index (χ1) is 7.78. The third-order valence-corrected chi connectivity index (χ3v) is 3.22. The van der Waals surface area contributed by atoms with Gasteiger partial charge in [-0.1, -0.05) is 20.8 Å². The average molecular weight is 240 g/mol. The van der Waals surface area contributed by atoms with Crippen molar-refractivity contribution in [2.45, 2.75) is 40.0 Å². The van der Waals surface area contributed by atoms with Crippen LogP contribution in [0.4, 0.5) is 0 Å². The van der Waals surface area contributed by atoms with Crippen molar-refractivity contribution in [1.29, 1.82) is 0 Å². The normalized spacial score (nSPS) is 22.0. The van der Waals surface area contributed by atoms with Gasteiger partial charge in [0.2, 0.25) is 5.91 Å². The van der Waals surface area contributed by atoms with Crippen LogP contribution in [-0.2, 0) is 4.79 Å². The fourth-order valence-electron chi connectivity index (χ4n) is 2.69. The van der Waals surface area contributed by atoms with Crippen molar-refractivity contribution in [2.24, 2.45) is 11.3 Å². The van der Waals surface area contributed by atoms with E-state index in [9.17, 15) is 4.79 Å². The van der Waals surface area contributed by atoms with Crippen molar-refractivity contribution >= 4 is 5.91 Å². The Morgan fingerprint density at radius 3 is 2.53 bits per heavy atom. The Labute approximate surface area is 106 Å². The van der Waals surface area contributed by atoms with Gasteiger partial charge < -0.3 is 9.80 Å². The standard InChI is InChI=1S/C14H28N2O/c1-14(2,3)9-12-7-6-8-16(10-12)13(17)11-15(4)5/h12H,6-11H2,1-5H3/t12-/m0/s1. The van der Waals surface area contributed by atoms with Crippen molar-refractivity contribution in [3.8, 4) is 0 Å². The minimum atomic E-state index is 0.286. The molecule has 1 atom stereocenters. The number of likely N-dealkylation sites (N-methyl/N-ethyl adjacent to an activating group) is 1. The van der Waals surface area contributed by atoms with Gasteiger partial charge in [-0.25, -0.2) is 0 Å². The van der Waals surface area contributed by atoms with Gasteiger partial charge in [0, 0.05) is 13.1 Å². The molecule has 0 aromatic carbocycles. The first kappa shape index (κ1) is 14.5. The SMILES string of the molecule is CN(C)CC(=O)N1CCC[C@@H](CC(C)(C)C)C1. The minimum absolute atomic E-state index is 0.286. The van der Waals surface area contributed by atoms with Crippen LogP contribution in [0, 0.1) is 11.3 Å². The van der Waals surface area contributed by atoms with Crippen LogP contribution >= 0.6 is 0 Å². The van der Waals surface area contributed by atoms with Crippen LogP contribution in [0.15, 0.2) is 0 Å². The zero-order chi connectivity index (χ0) is 13.1. The first-order valence-electron chi connectivity index (χ1n) is 6.70. The highest BCUT2D eigenvalue weighted by atomic mass is 16.2. The highest BCUT2D eigenvalue weighted by Crippen LogP contribution is 2.30. The number of hydrogen-bond donors (Lipinski definition) is 0. The first-order valence-corrected chi connectivity index (χ1v) is 6.70. The number of piperidine rings is 1. The smallest absolute Gasteiger partial charge is 0.236 e. The maximum atomic E-state index is 12.0. The zero-order valence-electron chi connectivity index (χ0n) is 12.1. The van der Waals surface area contributed by atoms with Crippen molar-refractivity contribution < 1.29 is 4.79 Å². The van der Waals surface area contributed by atoms with E-state index in [1.807, 2.05) is 19.0 Å². The lowest BCUT2D eigenvalue weighted by molar-refractivity contribution is -0.133. The van der Waals surface area contributed by atoms with Gasteiger partial charge in [-0.15, -0.1) is 0 Å². The molecule has 3 heteroatoms. The van der Waals surface area contributed by atoms with Crippen molar-refractivity contribution in [2.75, 3.05) is 33.7 Å². The number of amides is 1. The molecule has 0 N–H and O–H groups in total. The van der Waals surface area contributed by atoms with E-state index < -0.39 is 0 Å². The quantitative estimate of drug-likeness (QED) is 0.755. The molecule has 17 heavy (non-hydrogen) atoms. The van der Waals surface area contributed by atoms with Gasteiger partial charge in [0.05, 0.1) is 6.54 Å². The molecule has 1 aliphatic heterocycles. The van der Waals surface area contributed by atoms with Gasteiger partial charge in [0.25, 0.3) is 0 Å². The average Bonchev–Trinajstić information content (AvgIpc) is 2.14. The molecule has 0 bridgehead atoms. The molecule has 1 heterocycles. The Balaban J connectivity index is 2.46. The summed E-state index contributed by atoms with van der Waals surface area (Å²) in [4.78, 5) is 16.0. The van der Waals surface area contributed by atoms with E-state index in [0.29, 0.717) is 17.9 Å². The molecule has 3 nitrogen and oxygen atoms in total. The van der Waals surface area contributed by atoms with Crippen LogP contribution in [0.3, 0.4) is 0 Å². The molecule has 1 saturated heterocycles. The summed E-state index contributed by atoms with van der Waals surface area (Å²) in [5.74, 6) is 0.975. The van der Waals surface area contributed by atoms with E-state index >= 15 is 0 Å². The van der Waals surface area contributed by atoms with Gasteiger partial charge in [0.15, 0.2) is 0 Å². The highest BCUT2D eigenvalue weighted by Gasteiger charge is 2.26. The van der Waals surface area contributed by atoms with Crippen LogP contribution in [-0.4, -0.2) is 49.4 Å². The Bertz CT molecular complexity index is 255. The molecule has 0 spiro atoms. The lowest BCUT2D eigenvalue weighted by Gasteiger charge is -2.36. The molecular weight excluding hydrogens is 212 g/mol. The summed E-state index contributed by atoms with van der Waals surface area (Å²) < 4.78 is 0. The third kappa shape index (κ3) is 5.53. The number of carbonyl (C=O) groups is 1. The topological polar surface area (TPSA) is 23.6 Å². The lowest BCUT2D eigenvalue weighted by atomic mass is 9.81. The monoisotopic (exact) mass is 240 g/mol. The molecule has 0 saturated carbocycles. The van der Waals surface area contributed by atoms with E-state index in [1.54, 1.807) is 0 Å². The second-order valence-corrected chi connectivity index (χ2v) is 6.85. The molecule has 100 valence electrons. The molecule has 0 aromatic rings. The minimum Gasteiger partial charge on any atom is -0.341 e. The Morgan fingerprint density at radius 1 is 1.35 bits per heavy atom. The van der Waals surface area contributed by atoms with E-state index in [2.05, 4.69) is 25.7 Å². The van der Waals surface area contributed by atoms with E-state index in [1.165, 1.54) is 19.3 Å². The number of hydrogen-bond acceptors (Lipinski definition) is 2. The fraction of sp³-hybridized carbons (Fsp3) is 0.929. The summed E-state index contributed by atoms with van der Waals surface area (Å²) in [5, 5.41) is 0. The van der Waals surface area contributed by atoms with Crippen molar-refractivity contribution in [3.63, 3.8) is 0 Å². The van der Waals surface area contributed by atoms with Crippen molar-refractivity contribution in [1.82, 2.24) is 9.80 Å². The number of nitrogens with zero attached hydrogens (tertiary/aromatic N) is 2. The fourth-order valence-corrected chi connectivity index (χ4v) is 2.69. The second kappa shape index (κ2) is 5.85. The van der Waals surface area contributed by atoms with Gasteiger partial charge >= 0.3 is 0 Å². The van der Waals surface area contributed by atoms with E-state index in [4.69, 9.17) is 0 Å². The molecule has 0 unspecified atom stereocenters. The maximum absolute atomic E-state index is 12.0. The van der Waals surface area contributed by atoms with Gasteiger partial charge in [-0.3, -0.25) is 4.79 Å². The predicted molar refractivity (Wildman–Crippen MR) is 71.9 cm³/mol. The predicted octanol–water partition coefficient (Wildman–Crippen LogP) is 2.22. The molecule has 1 rings (SSSR count). The second-order valence-electron chi connectivity index (χ2n) is 6.85. The summed E-state index contributed by atoms with van der Waals surface area (Å²) in [6.45, 7) is 9.31. The van der Waals surface area contributed by atoms with Crippen LogP contribution in [0.2, 0.25) is 0 Å². The van der Waals surface area contributed by atoms with Crippen LogP contribution in [0.1, 0.15) is 40.0 Å². The van der Waals surface area contributed by atoms with Gasteiger partial charge in [-0.05, 0) is 44.7 Å². The summed E-state index contributed by atoms with van der Waals surface area (Å²) in [6.07, 6.45) is 3.67. The number of rotatable bonds is 3. The molecule has 1 aliphatic rings. The third-order valence-electron chi connectivity index (χ3n) is 3.22. The molecule has 1 amide bonds. The molecule has 0 aromatic heterocycles. The maximum Gasteiger partial charge on any atom is 0.236 e. The largest absolute Gasteiger partial charge is 0.341 e. The summed E-state index contributed by atoms with van der Waals surface area (Å²) in [6, 6.07) is 0. The van der Waals surface area contributed by atoms with Crippen LogP contribution < -0.4 is 0 Å². The number of likely N-dealkylation sites (tertiary alicyclic amines) is 1. The van der Waals surface area contributed by atoms with E-state index in [-0.39, 0.29) is 5.91 Å². The lowest BCUT2D eigenvalue weighted by Crippen LogP contribution is -2.44. The molecular formula is C14H28N2O. The molecule has 1 fully saturated rings. The van der Waals surface area contributed by atoms with Gasteiger partial charge in [0.1, 0.15) is 0 Å². The Hall–Kier alpha value is -0.570. The molecule has 0 aliphatic carbocycles. The van der Waals surface area contributed by atoms with Crippen LogP contribution in [0.5, 0.6) is 0 Å². The van der Waals surface area contributed by atoms with E-state index in [0.717, 1.165) is 13.1 Å². The summed E-state index contributed by atoms with van der Waals surface area (Å²) in [7, 11) is 3.91. The van der Waals surface area contributed by atoms with Crippen molar-refractivity contribution in [3.05, 3.63) is 0 Å². The number of carbonyl (C=O) groups excluding carboxylic acids is 1. The van der Waals surface area contributed by atoms with Crippen LogP contribution in [0.25, 0.3) is 0 Å². The zero-order valence-corrected chi connectivity index (χ0v) is 12.1. The summed E-state index contributed by atoms with van der Waals surface area (Å²) in [5.41, 5.74) is 0.373.